The lowest BCUT2D eigenvalue weighted by Crippen LogP contribution is -2.24. The zero-order valence-electron chi connectivity index (χ0n) is 16.2. The maximum absolute atomic E-state index is 12.6. The van der Waals surface area contributed by atoms with Gasteiger partial charge in [-0.3, -0.25) is 4.79 Å². The SMILES string of the molecule is CN(C)S(=O)(=O)c1ccc(C(=O)NCC#CCOc2cccc(C(F)(F)F)c2)cc1. The van der Waals surface area contributed by atoms with Gasteiger partial charge in [0, 0.05) is 19.7 Å². The van der Waals surface area contributed by atoms with E-state index in [2.05, 4.69) is 17.2 Å². The first-order valence-electron chi connectivity index (χ1n) is 8.58. The highest BCUT2D eigenvalue weighted by Gasteiger charge is 2.30. The summed E-state index contributed by atoms with van der Waals surface area (Å²) in [6, 6.07) is 9.88. The first-order chi connectivity index (χ1) is 14.0. The fourth-order valence-electron chi connectivity index (χ4n) is 2.21. The number of carbonyl (C=O) groups excluding carboxylic acids is 1. The lowest BCUT2D eigenvalue weighted by atomic mass is 10.2. The van der Waals surface area contributed by atoms with Gasteiger partial charge in [-0.05, 0) is 42.5 Å². The first kappa shape index (κ1) is 23.3. The van der Waals surface area contributed by atoms with Gasteiger partial charge in [-0.25, -0.2) is 12.7 Å². The van der Waals surface area contributed by atoms with E-state index in [1.54, 1.807) is 0 Å². The van der Waals surface area contributed by atoms with E-state index in [0.717, 1.165) is 16.4 Å². The van der Waals surface area contributed by atoms with Gasteiger partial charge in [0.15, 0.2) is 0 Å². The lowest BCUT2D eigenvalue weighted by Gasteiger charge is -2.11. The Bertz CT molecular complexity index is 1050. The third-order valence-electron chi connectivity index (χ3n) is 3.83. The Balaban J connectivity index is 1.84. The van der Waals surface area contributed by atoms with Crippen LogP contribution in [0.2, 0.25) is 0 Å². The van der Waals surface area contributed by atoms with Crippen molar-refractivity contribution in [1.82, 2.24) is 9.62 Å². The number of benzene rings is 2. The van der Waals surface area contributed by atoms with Crippen molar-refractivity contribution < 1.29 is 31.1 Å². The highest BCUT2D eigenvalue weighted by molar-refractivity contribution is 7.89. The quantitative estimate of drug-likeness (QED) is 0.701. The van der Waals surface area contributed by atoms with Crippen LogP contribution in [0.4, 0.5) is 13.2 Å². The van der Waals surface area contributed by atoms with E-state index in [9.17, 15) is 26.4 Å². The van der Waals surface area contributed by atoms with Crippen molar-refractivity contribution in [2.75, 3.05) is 27.2 Å². The van der Waals surface area contributed by atoms with Crippen molar-refractivity contribution in [2.45, 2.75) is 11.1 Å². The molecule has 0 spiro atoms. The van der Waals surface area contributed by atoms with E-state index in [1.165, 1.54) is 50.5 Å². The zero-order valence-corrected chi connectivity index (χ0v) is 17.0. The third kappa shape index (κ3) is 6.23. The third-order valence-corrected chi connectivity index (χ3v) is 5.66. The molecular formula is C20H19F3N2O4S. The highest BCUT2D eigenvalue weighted by Crippen LogP contribution is 2.31. The van der Waals surface area contributed by atoms with Crippen LogP contribution in [0, 0.1) is 11.8 Å². The summed E-state index contributed by atoms with van der Waals surface area (Å²) in [6.07, 6.45) is -4.45. The minimum Gasteiger partial charge on any atom is -0.481 e. The molecular weight excluding hydrogens is 421 g/mol. The van der Waals surface area contributed by atoms with Gasteiger partial charge in [0.2, 0.25) is 10.0 Å². The Morgan fingerprint density at radius 2 is 1.77 bits per heavy atom. The lowest BCUT2D eigenvalue weighted by molar-refractivity contribution is -0.137. The highest BCUT2D eigenvalue weighted by atomic mass is 32.2. The van der Waals surface area contributed by atoms with Gasteiger partial charge in [0.25, 0.3) is 5.91 Å². The normalized spacial score (nSPS) is 11.5. The maximum Gasteiger partial charge on any atom is 0.416 e. The summed E-state index contributed by atoms with van der Waals surface area (Å²) in [5.74, 6) is 4.80. The van der Waals surface area contributed by atoms with E-state index in [-0.39, 0.29) is 29.4 Å². The number of nitrogens with zero attached hydrogens (tertiary/aromatic N) is 1. The van der Waals surface area contributed by atoms with Crippen LogP contribution in [0.15, 0.2) is 53.4 Å². The second-order valence-corrected chi connectivity index (χ2v) is 8.31. The van der Waals surface area contributed by atoms with E-state index in [4.69, 9.17) is 4.74 Å². The van der Waals surface area contributed by atoms with Gasteiger partial charge in [-0.1, -0.05) is 17.9 Å². The summed E-state index contributed by atoms with van der Waals surface area (Å²) in [5, 5.41) is 2.53. The van der Waals surface area contributed by atoms with E-state index < -0.39 is 27.7 Å². The van der Waals surface area contributed by atoms with Crippen LogP contribution < -0.4 is 10.1 Å². The molecule has 2 aromatic rings. The Morgan fingerprint density at radius 3 is 2.37 bits per heavy atom. The van der Waals surface area contributed by atoms with Crippen molar-refractivity contribution in [1.29, 1.82) is 0 Å². The number of amides is 1. The standard InChI is InChI=1S/C20H19F3N2O4S/c1-25(2)30(27,28)18-10-8-15(9-11-18)19(26)24-12-3-4-13-29-17-7-5-6-16(14-17)20(21,22)23/h5-11,14H,12-13H2,1-2H3,(H,24,26). The zero-order chi connectivity index (χ0) is 22.4. The summed E-state index contributed by atoms with van der Waals surface area (Å²) in [4.78, 5) is 12.1. The first-order valence-corrected chi connectivity index (χ1v) is 10.0. The van der Waals surface area contributed by atoms with Gasteiger partial charge in [-0.2, -0.15) is 13.2 Å². The number of hydrogen-bond acceptors (Lipinski definition) is 4. The summed E-state index contributed by atoms with van der Waals surface area (Å²) < 4.78 is 68.1. The molecule has 0 saturated heterocycles. The molecule has 6 nitrogen and oxygen atoms in total. The van der Waals surface area contributed by atoms with Gasteiger partial charge in [-0.15, -0.1) is 0 Å². The molecule has 1 amide bonds. The number of carbonyl (C=O) groups is 1. The average molecular weight is 440 g/mol. The van der Waals surface area contributed by atoms with Crippen molar-refractivity contribution in [3.8, 4) is 17.6 Å². The van der Waals surface area contributed by atoms with E-state index >= 15 is 0 Å². The van der Waals surface area contributed by atoms with Crippen molar-refractivity contribution in [3.63, 3.8) is 0 Å². The molecule has 2 aromatic carbocycles. The second-order valence-electron chi connectivity index (χ2n) is 6.16. The molecule has 0 aliphatic rings. The molecule has 0 aliphatic carbocycles. The number of alkyl halides is 3. The van der Waals surface area contributed by atoms with Crippen LogP contribution in [0.25, 0.3) is 0 Å². The van der Waals surface area contributed by atoms with Crippen molar-refractivity contribution >= 4 is 15.9 Å². The van der Waals surface area contributed by atoms with Crippen LogP contribution in [0.3, 0.4) is 0 Å². The number of ether oxygens (including phenoxy) is 1. The molecule has 0 unspecified atom stereocenters. The molecule has 10 heteroatoms. The predicted octanol–water partition coefficient (Wildman–Crippen LogP) is 2.77. The molecule has 160 valence electrons. The van der Waals surface area contributed by atoms with Gasteiger partial charge >= 0.3 is 6.18 Å². The Hall–Kier alpha value is -3.03. The number of nitrogens with one attached hydrogen (secondary N) is 1. The number of sulfonamides is 1. The number of halogens is 3. The van der Waals surface area contributed by atoms with Gasteiger partial charge in [0.05, 0.1) is 17.0 Å². The molecule has 0 bridgehead atoms. The Labute approximate surface area is 172 Å². The van der Waals surface area contributed by atoms with Crippen LogP contribution in [0.5, 0.6) is 5.75 Å². The maximum atomic E-state index is 12.6. The van der Waals surface area contributed by atoms with Crippen molar-refractivity contribution in [3.05, 3.63) is 59.7 Å². The fraction of sp³-hybridized carbons (Fsp3) is 0.250. The van der Waals surface area contributed by atoms with Crippen LogP contribution >= 0.6 is 0 Å². The monoisotopic (exact) mass is 440 g/mol. The Morgan fingerprint density at radius 1 is 1.10 bits per heavy atom. The smallest absolute Gasteiger partial charge is 0.416 e. The molecule has 0 aliphatic heterocycles. The van der Waals surface area contributed by atoms with Crippen molar-refractivity contribution in [2.24, 2.45) is 0 Å². The van der Waals surface area contributed by atoms with Gasteiger partial charge < -0.3 is 10.1 Å². The molecule has 0 aromatic heterocycles. The summed E-state index contributed by atoms with van der Waals surface area (Å²) in [7, 11) is -0.761. The predicted molar refractivity (Wildman–Crippen MR) is 104 cm³/mol. The minimum atomic E-state index is -4.45. The summed E-state index contributed by atoms with van der Waals surface area (Å²) in [5.41, 5.74) is -0.556. The molecule has 0 radical (unpaired) electrons. The summed E-state index contributed by atoms with van der Waals surface area (Å²) >= 11 is 0. The molecule has 0 atom stereocenters. The molecule has 0 heterocycles. The van der Waals surface area contributed by atoms with E-state index in [0.29, 0.717) is 0 Å². The van der Waals surface area contributed by atoms with Crippen LogP contribution in [0.1, 0.15) is 15.9 Å². The summed E-state index contributed by atoms with van der Waals surface area (Å²) in [6.45, 7) is -0.156. The van der Waals surface area contributed by atoms with E-state index in [1.807, 2.05) is 0 Å². The fourth-order valence-corrected chi connectivity index (χ4v) is 3.11. The molecule has 30 heavy (non-hydrogen) atoms. The van der Waals surface area contributed by atoms with Crippen LogP contribution in [-0.2, 0) is 16.2 Å². The molecule has 0 saturated carbocycles. The second kappa shape index (κ2) is 9.65. The Kier molecular flexibility index (Phi) is 7.48. The molecule has 1 N–H and O–H groups in total. The largest absolute Gasteiger partial charge is 0.481 e. The topological polar surface area (TPSA) is 75.7 Å². The number of rotatable bonds is 6. The average Bonchev–Trinajstić information content (AvgIpc) is 2.70. The molecule has 2 rings (SSSR count). The van der Waals surface area contributed by atoms with Gasteiger partial charge in [0.1, 0.15) is 12.4 Å². The number of hydrogen-bond donors (Lipinski definition) is 1. The minimum absolute atomic E-state index is 0.0114. The van der Waals surface area contributed by atoms with Crippen LogP contribution in [-0.4, -0.2) is 45.9 Å². The molecule has 0 fully saturated rings.